The summed E-state index contributed by atoms with van der Waals surface area (Å²) in [7, 11) is 1.67. The quantitative estimate of drug-likeness (QED) is 0.893. The Bertz CT molecular complexity index is 750. The summed E-state index contributed by atoms with van der Waals surface area (Å²) in [4.78, 5) is 15.2. The Balaban J connectivity index is 0.00000182. The number of halogens is 1. The van der Waals surface area contributed by atoms with E-state index >= 15 is 0 Å². The van der Waals surface area contributed by atoms with Crippen LogP contribution in [0.5, 0.6) is 5.75 Å². The Hall–Kier alpha value is -1.78. The van der Waals surface area contributed by atoms with Crippen LogP contribution in [0, 0.1) is 11.8 Å². The molecular weight excluding hydrogens is 336 g/mol. The number of benzene rings is 2. The maximum atomic E-state index is 13.2. The number of nitrogens with zero attached hydrogens (tertiary/aromatic N) is 1. The minimum absolute atomic E-state index is 0. The van der Waals surface area contributed by atoms with E-state index in [1.54, 1.807) is 7.11 Å². The molecule has 1 N–H and O–H groups in total. The van der Waals surface area contributed by atoms with Crippen molar-refractivity contribution in [2.75, 3.05) is 33.3 Å². The van der Waals surface area contributed by atoms with Crippen LogP contribution >= 0.6 is 12.4 Å². The van der Waals surface area contributed by atoms with Crippen LogP contribution in [0.15, 0.2) is 36.4 Å². The molecule has 4 nitrogen and oxygen atoms in total. The molecular formula is C20H25ClN2O2. The lowest BCUT2D eigenvalue weighted by Gasteiger charge is -2.22. The van der Waals surface area contributed by atoms with Crippen LogP contribution < -0.4 is 10.1 Å². The fourth-order valence-corrected chi connectivity index (χ4v) is 4.23. The molecule has 0 spiro atoms. The summed E-state index contributed by atoms with van der Waals surface area (Å²) < 4.78 is 5.45. The highest BCUT2D eigenvalue weighted by Crippen LogP contribution is 2.31. The molecule has 0 bridgehead atoms. The minimum Gasteiger partial charge on any atom is -0.496 e. The topological polar surface area (TPSA) is 41.6 Å². The Labute approximate surface area is 154 Å². The molecule has 2 saturated heterocycles. The van der Waals surface area contributed by atoms with Gasteiger partial charge in [0, 0.05) is 24.0 Å². The van der Waals surface area contributed by atoms with Gasteiger partial charge < -0.3 is 15.0 Å². The summed E-state index contributed by atoms with van der Waals surface area (Å²) >= 11 is 0. The Morgan fingerprint density at radius 3 is 2.32 bits per heavy atom. The van der Waals surface area contributed by atoms with Gasteiger partial charge in [-0.1, -0.05) is 24.3 Å². The number of carbonyl (C=O) groups excluding carboxylic acids is 1. The third-order valence-corrected chi connectivity index (χ3v) is 5.64. The smallest absolute Gasteiger partial charge is 0.254 e. The van der Waals surface area contributed by atoms with Crippen molar-refractivity contribution in [2.24, 2.45) is 11.8 Å². The Kier molecular flexibility index (Phi) is 5.50. The average molecular weight is 361 g/mol. The van der Waals surface area contributed by atoms with E-state index in [4.69, 9.17) is 4.74 Å². The molecule has 1 amide bonds. The number of hydrogen-bond acceptors (Lipinski definition) is 3. The van der Waals surface area contributed by atoms with E-state index in [2.05, 4.69) is 5.32 Å². The van der Waals surface area contributed by atoms with Gasteiger partial charge >= 0.3 is 0 Å². The van der Waals surface area contributed by atoms with E-state index in [0.29, 0.717) is 0 Å². The van der Waals surface area contributed by atoms with Gasteiger partial charge in [0.25, 0.3) is 5.91 Å². The summed E-state index contributed by atoms with van der Waals surface area (Å²) in [6, 6.07) is 11.8. The maximum absolute atomic E-state index is 13.2. The summed E-state index contributed by atoms with van der Waals surface area (Å²) in [5.74, 6) is 2.44. The van der Waals surface area contributed by atoms with Crippen molar-refractivity contribution in [3.8, 4) is 5.75 Å². The van der Waals surface area contributed by atoms with Gasteiger partial charge in [0.1, 0.15) is 5.75 Å². The molecule has 25 heavy (non-hydrogen) atoms. The zero-order chi connectivity index (χ0) is 16.5. The fourth-order valence-electron chi connectivity index (χ4n) is 4.23. The Morgan fingerprint density at radius 2 is 1.68 bits per heavy atom. The van der Waals surface area contributed by atoms with Crippen molar-refractivity contribution in [1.29, 1.82) is 0 Å². The second kappa shape index (κ2) is 7.63. The van der Waals surface area contributed by atoms with Crippen molar-refractivity contribution in [3.63, 3.8) is 0 Å². The van der Waals surface area contributed by atoms with Gasteiger partial charge in [0.2, 0.25) is 0 Å². The number of amides is 1. The second-order valence-electron chi connectivity index (χ2n) is 6.91. The molecule has 0 radical (unpaired) electrons. The maximum Gasteiger partial charge on any atom is 0.254 e. The Morgan fingerprint density at radius 1 is 1.04 bits per heavy atom. The van der Waals surface area contributed by atoms with Crippen LogP contribution in [0.4, 0.5) is 0 Å². The first kappa shape index (κ1) is 18.0. The van der Waals surface area contributed by atoms with Crippen LogP contribution in [-0.4, -0.2) is 44.1 Å². The number of hydrogen-bond donors (Lipinski definition) is 1. The number of ether oxygens (including phenoxy) is 1. The zero-order valence-corrected chi connectivity index (χ0v) is 15.3. The van der Waals surface area contributed by atoms with Crippen LogP contribution in [0.2, 0.25) is 0 Å². The van der Waals surface area contributed by atoms with E-state index in [-0.39, 0.29) is 18.3 Å². The largest absolute Gasteiger partial charge is 0.496 e. The minimum atomic E-state index is 0. The highest BCUT2D eigenvalue weighted by atomic mass is 35.5. The number of fused-ring (bicyclic) bond motifs is 2. The van der Waals surface area contributed by atoms with Crippen molar-refractivity contribution in [3.05, 3.63) is 42.0 Å². The molecule has 0 aliphatic carbocycles. The van der Waals surface area contributed by atoms with Crippen molar-refractivity contribution >= 4 is 29.1 Å². The molecule has 2 aliphatic rings. The highest BCUT2D eigenvalue weighted by Gasteiger charge is 2.32. The molecule has 4 rings (SSSR count). The standard InChI is InChI=1S/C20H24N2O2.ClH/c1-24-19-7-6-18(16-4-2-3-5-17(16)19)20(23)22-10-8-14-12-21-13-15(14)9-11-22;/h2-7,14-15,21H,8-13H2,1H3;1H/t14-,15+;. The van der Waals surface area contributed by atoms with Crippen molar-refractivity contribution in [2.45, 2.75) is 12.8 Å². The van der Waals surface area contributed by atoms with Gasteiger partial charge in [-0.15, -0.1) is 12.4 Å². The predicted octanol–water partition coefficient (Wildman–Crippen LogP) is 3.34. The van der Waals surface area contributed by atoms with E-state index in [9.17, 15) is 4.79 Å². The molecule has 5 heteroatoms. The third-order valence-electron chi connectivity index (χ3n) is 5.64. The van der Waals surface area contributed by atoms with E-state index in [1.165, 1.54) is 0 Å². The van der Waals surface area contributed by atoms with Crippen LogP contribution in [0.1, 0.15) is 23.2 Å². The first-order valence-electron chi connectivity index (χ1n) is 8.83. The number of nitrogens with one attached hydrogen (secondary N) is 1. The summed E-state index contributed by atoms with van der Waals surface area (Å²) in [6.45, 7) is 3.94. The second-order valence-corrected chi connectivity index (χ2v) is 6.91. The first-order chi connectivity index (χ1) is 11.8. The lowest BCUT2D eigenvalue weighted by atomic mass is 9.92. The first-order valence-corrected chi connectivity index (χ1v) is 8.83. The molecule has 134 valence electrons. The lowest BCUT2D eigenvalue weighted by molar-refractivity contribution is 0.0760. The van der Waals surface area contributed by atoms with Crippen molar-refractivity contribution < 1.29 is 9.53 Å². The molecule has 2 aromatic rings. The van der Waals surface area contributed by atoms with Crippen LogP contribution in [0.25, 0.3) is 10.8 Å². The molecule has 2 fully saturated rings. The van der Waals surface area contributed by atoms with Crippen molar-refractivity contribution in [1.82, 2.24) is 10.2 Å². The van der Waals surface area contributed by atoms with Gasteiger partial charge in [0.15, 0.2) is 0 Å². The summed E-state index contributed by atoms with van der Waals surface area (Å²) in [6.07, 6.45) is 2.22. The third kappa shape index (κ3) is 3.33. The van der Waals surface area contributed by atoms with Gasteiger partial charge in [-0.05, 0) is 55.3 Å². The number of likely N-dealkylation sites (tertiary alicyclic amines) is 1. The van der Waals surface area contributed by atoms with Gasteiger partial charge in [-0.3, -0.25) is 4.79 Å². The summed E-state index contributed by atoms with van der Waals surface area (Å²) in [5.41, 5.74) is 0.789. The fraction of sp³-hybridized carbons (Fsp3) is 0.450. The van der Waals surface area contributed by atoms with Crippen LogP contribution in [0.3, 0.4) is 0 Å². The number of carbonyl (C=O) groups is 1. The van der Waals surface area contributed by atoms with E-state index in [1.807, 2.05) is 41.3 Å². The van der Waals surface area contributed by atoms with Crippen LogP contribution in [-0.2, 0) is 0 Å². The molecule has 0 saturated carbocycles. The molecule has 2 atom stereocenters. The average Bonchev–Trinajstić information content (AvgIpc) is 2.98. The number of rotatable bonds is 2. The molecule has 0 aromatic heterocycles. The predicted molar refractivity (Wildman–Crippen MR) is 103 cm³/mol. The van der Waals surface area contributed by atoms with Gasteiger partial charge in [0.05, 0.1) is 7.11 Å². The normalized spacial score (nSPS) is 22.8. The lowest BCUT2D eigenvalue weighted by Crippen LogP contribution is -2.32. The van der Waals surface area contributed by atoms with Gasteiger partial charge in [-0.2, -0.15) is 0 Å². The SMILES string of the molecule is COc1ccc(C(=O)N2CC[C@@H]3CNC[C@@H]3CC2)c2ccccc12.Cl. The highest BCUT2D eigenvalue weighted by molar-refractivity contribution is 6.08. The molecule has 2 aliphatic heterocycles. The van der Waals surface area contributed by atoms with E-state index in [0.717, 1.165) is 72.9 Å². The monoisotopic (exact) mass is 360 g/mol. The summed E-state index contributed by atoms with van der Waals surface area (Å²) in [5, 5.41) is 5.47. The molecule has 0 unspecified atom stereocenters. The molecule has 2 aromatic carbocycles. The van der Waals surface area contributed by atoms with E-state index < -0.39 is 0 Å². The zero-order valence-electron chi connectivity index (χ0n) is 14.5. The number of methoxy groups -OCH3 is 1. The molecule has 2 heterocycles. The van der Waals surface area contributed by atoms with Gasteiger partial charge in [-0.25, -0.2) is 0 Å².